The molecule has 13 heteroatoms. The molecule has 3 heterocycles. The smallest absolute Gasteiger partial charge is 0.243 e. The van der Waals surface area contributed by atoms with Gasteiger partial charge in [0, 0.05) is 36.3 Å². The minimum atomic E-state index is -3.99. The van der Waals surface area contributed by atoms with Gasteiger partial charge in [-0.05, 0) is 31.2 Å². The van der Waals surface area contributed by atoms with Crippen LogP contribution in [0.2, 0.25) is 5.02 Å². The fourth-order valence-corrected chi connectivity index (χ4v) is 4.88. The highest BCUT2D eigenvalue weighted by Gasteiger charge is 2.32. The van der Waals surface area contributed by atoms with Gasteiger partial charge in [0.2, 0.25) is 16.0 Å². The average molecular weight is 530 g/mol. The van der Waals surface area contributed by atoms with Crippen molar-refractivity contribution in [3.05, 3.63) is 66.0 Å². The number of para-hydroxylation sites is 1. The zero-order chi connectivity index (χ0) is 25.9. The van der Waals surface area contributed by atoms with Gasteiger partial charge in [0.05, 0.1) is 24.5 Å². The number of ether oxygens (including phenoxy) is 2. The van der Waals surface area contributed by atoms with Crippen molar-refractivity contribution in [2.75, 3.05) is 18.9 Å². The quantitative estimate of drug-likeness (QED) is 0.344. The molecule has 0 saturated carbocycles. The molecule has 4 rings (SSSR count). The first-order valence-corrected chi connectivity index (χ1v) is 12.8. The zero-order valence-electron chi connectivity index (χ0n) is 20.0. The highest BCUT2D eigenvalue weighted by Crippen LogP contribution is 2.38. The molecule has 0 radical (unpaired) electrons. The van der Waals surface area contributed by atoms with Crippen LogP contribution in [0.15, 0.2) is 55.1 Å². The summed E-state index contributed by atoms with van der Waals surface area (Å²) >= 11 is 5.87. The number of methoxy groups -OCH3 is 2. The van der Waals surface area contributed by atoms with E-state index in [0.717, 1.165) is 0 Å². The van der Waals surface area contributed by atoms with E-state index in [0.29, 0.717) is 39.4 Å². The van der Waals surface area contributed by atoms with Crippen molar-refractivity contribution in [2.24, 2.45) is 0 Å². The Balaban J connectivity index is 1.81. The van der Waals surface area contributed by atoms with Crippen molar-refractivity contribution in [3.8, 4) is 28.6 Å². The molecule has 1 N–H and O–H groups in total. The summed E-state index contributed by atoms with van der Waals surface area (Å²) in [5, 5.41) is 7.87. The summed E-state index contributed by atoms with van der Waals surface area (Å²) in [6.07, 6.45) is 6.08. The van der Waals surface area contributed by atoms with Gasteiger partial charge < -0.3 is 9.47 Å². The molecule has 0 bridgehead atoms. The summed E-state index contributed by atoms with van der Waals surface area (Å²) in [7, 11) is -0.981. The topological polar surface area (TPSA) is 134 Å². The number of anilines is 1. The molecule has 1 aromatic carbocycles. The van der Waals surface area contributed by atoms with Gasteiger partial charge in [0.15, 0.2) is 5.82 Å². The second-order valence-corrected chi connectivity index (χ2v) is 10.3. The third kappa shape index (κ3) is 4.95. The summed E-state index contributed by atoms with van der Waals surface area (Å²) < 4.78 is 42.2. The van der Waals surface area contributed by atoms with Crippen LogP contribution in [-0.4, -0.2) is 57.6 Å². The summed E-state index contributed by atoms with van der Waals surface area (Å²) in [6, 6.07) is 8.75. The third-order valence-corrected chi connectivity index (χ3v) is 7.73. The van der Waals surface area contributed by atoms with Crippen molar-refractivity contribution in [2.45, 2.75) is 25.0 Å². The van der Waals surface area contributed by atoms with Gasteiger partial charge in [-0.25, -0.2) is 18.4 Å². The Morgan fingerprint density at radius 1 is 0.972 bits per heavy atom. The molecule has 0 saturated heterocycles. The number of rotatable bonds is 9. The van der Waals surface area contributed by atoms with Gasteiger partial charge in [-0.1, -0.05) is 24.6 Å². The minimum Gasteiger partial charge on any atom is -0.494 e. The number of aromatic nitrogens is 6. The lowest BCUT2D eigenvalue weighted by atomic mass is 10.1. The Hall–Kier alpha value is -3.77. The van der Waals surface area contributed by atoms with E-state index in [1.807, 2.05) is 0 Å². The van der Waals surface area contributed by atoms with E-state index in [2.05, 4.69) is 29.9 Å². The SMILES string of the molecule is COc1cccc(OC)c1-n1c(NS(=O)(=O)[C@@H](C)[C@H](C)c2ncc(Cl)cn2)nnc1-c1cccnc1. The molecular weight excluding hydrogens is 506 g/mol. The molecule has 0 aliphatic carbocycles. The largest absolute Gasteiger partial charge is 0.494 e. The van der Waals surface area contributed by atoms with E-state index in [4.69, 9.17) is 21.1 Å². The molecular formula is C23H24ClN7O4S. The number of nitrogens with one attached hydrogen (secondary N) is 1. The van der Waals surface area contributed by atoms with Gasteiger partial charge in [0.1, 0.15) is 23.0 Å². The van der Waals surface area contributed by atoms with Crippen LogP contribution in [0.25, 0.3) is 17.1 Å². The highest BCUT2D eigenvalue weighted by molar-refractivity contribution is 7.93. The molecule has 36 heavy (non-hydrogen) atoms. The molecule has 0 amide bonds. The van der Waals surface area contributed by atoms with Crippen LogP contribution in [0.5, 0.6) is 11.5 Å². The van der Waals surface area contributed by atoms with Crippen LogP contribution in [0.1, 0.15) is 25.6 Å². The molecule has 2 atom stereocenters. The van der Waals surface area contributed by atoms with Crippen LogP contribution in [0.4, 0.5) is 5.95 Å². The van der Waals surface area contributed by atoms with Crippen LogP contribution < -0.4 is 14.2 Å². The lowest BCUT2D eigenvalue weighted by Gasteiger charge is -2.21. The second-order valence-electron chi connectivity index (χ2n) is 7.84. The van der Waals surface area contributed by atoms with Crippen LogP contribution >= 0.6 is 11.6 Å². The van der Waals surface area contributed by atoms with Crippen LogP contribution in [-0.2, 0) is 10.0 Å². The van der Waals surface area contributed by atoms with E-state index < -0.39 is 21.2 Å². The number of nitrogens with zero attached hydrogens (tertiary/aromatic N) is 6. The van der Waals surface area contributed by atoms with Gasteiger partial charge in [-0.2, -0.15) is 0 Å². The van der Waals surface area contributed by atoms with E-state index >= 15 is 0 Å². The van der Waals surface area contributed by atoms with E-state index in [1.165, 1.54) is 31.2 Å². The highest BCUT2D eigenvalue weighted by atomic mass is 35.5. The predicted octanol–water partition coefficient (Wildman–Crippen LogP) is 3.72. The van der Waals surface area contributed by atoms with Crippen molar-refractivity contribution in [1.82, 2.24) is 29.7 Å². The average Bonchev–Trinajstić information content (AvgIpc) is 3.30. The summed E-state index contributed by atoms with van der Waals surface area (Å²) in [5.41, 5.74) is 1.03. The number of hydrogen-bond acceptors (Lipinski definition) is 9. The number of halogens is 1. The fraction of sp³-hybridized carbons (Fsp3) is 0.261. The second kappa shape index (κ2) is 10.5. The first kappa shape index (κ1) is 25.3. The first-order valence-electron chi connectivity index (χ1n) is 10.8. The standard InChI is InChI=1S/C23H24ClN7O4S/c1-14(21-26-12-17(24)13-27-21)15(2)36(32,33)30-23-29-28-22(16-7-6-10-25-11-16)31(23)20-18(34-3)8-5-9-19(20)35-4/h5-15H,1-4H3,(H,29,30)/t14-,15-/m0/s1. The summed E-state index contributed by atoms with van der Waals surface area (Å²) in [5.74, 6) is 0.945. The predicted molar refractivity (Wildman–Crippen MR) is 135 cm³/mol. The molecule has 4 aromatic rings. The maximum atomic E-state index is 13.5. The normalized spacial score (nSPS) is 13.1. The lowest BCUT2D eigenvalue weighted by Crippen LogP contribution is -2.31. The molecule has 11 nitrogen and oxygen atoms in total. The Morgan fingerprint density at radius 3 is 2.22 bits per heavy atom. The Labute approximate surface area is 213 Å². The Morgan fingerprint density at radius 2 is 1.64 bits per heavy atom. The number of hydrogen-bond donors (Lipinski definition) is 1. The van der Waals surface area contributed by atoms with Crippen LogP contribution in [0, 0.1) is 0 Å². The fourth-order valence-electron chi connectivity index (χ4n) is 3.55. The maximum Gasteiger partial charge on any atom is 0.243 e. The Kier molecular flexibility index (Phi) is 7.36. The third-order valence-electron chi connectivity index (χ3n) is 5.68. The maximum absolute atomic E-state index is 13.5. The summed E-state index contributed by atoms with van der Waals surface area (Å²) in [6.45, 7) is 3.29. The number of sulfonamides is 1. The van der Waals surface area contributed by atoms with Gasteiger partial charge >= 0.3 is 0 Å². The monoisotopic (exact) mass is 529 g/mol. The zero-order valence-corrected chi connectivity index (χ0v) is 21.5. The molecule has 0 aliphatic heterocycles. The van der Waals surface area contributed by atoms with E-state index in [9.17, 15) is 8.42 Å². The van der Waals surface area contributed by atoms with Crippen molar-refractivity contribution < 1.29 is 17.9 Å². The minimum absolute atomic E-state index is 0.0484. The lowest BCUT2D eigenvalue weighted by molar-refractivity contribution is 0.391. The van der Waals surface area contributed by atoms with Crippen molar-refractivity contribution >= 4 is 27.6 Å². The molecule has 3 aromatic heterocycles. The van der Waals surface area contributed by atoms with Crippen molar-refractivity contribution in [3.63, 3.8) is 0 Å². The Bertz CT molecular complexity index is 1430. The van der Waals surface area contributed by atoms with Gasteiger partial charge in [-0.15, -0.1) is 10.2 Å². The van der Waals surface area contributed by atoms with E-state index in [-0.39, 0.29) is 5.95 Å². The molecule has 0 unspecified atom stereocenters. The molecule has 0 spiro atoms. The molecule has 0 aliphatic rings. The number of pyridine rings is 1. The van der Waals surface area contributed by atoms with Gasteiger partial charge in [0.25, 0.3) is 0 Å². The van der Waals surface area contributed by atoms with Gasteiger partial charge in [-0.3, -0.25) is 14.3 Å². The van der Waals surface area contributed by atoms with Crippen LogP contribution in [0.3, 0.4) is 0 Å². The first-order chi connectivity index (χ1) is 17.3. The molecule has 0 fully saturated rings. The number of benzene rings is 1. The van der Waals surface area contributed by atoms with E-state index in [1.54, 1.807) is 56.6 Å². The van der Waals surface area contributed by atoms with Crippen molar-refractivity contribution in [1.29, 1.82) is 0 Å². The summed E-state index contributed by atoms with van der Waals surface area (Å²) in [4.78, 5) is 12.5. The molecule has 188 valence electrons.